The van der Waals surface area contributed by atoms with Crippen LogP contribution in [0.1, 0.15) is 18.3 Å². The number of aryl methyl sites for hydroxylation is 1. The summed E-state index contributed by atoms with van der Waals surface area (Å²) >= 11 is 6.17. The minimum absolute atomic E-state index is 0.250. The van der Waals surface area contributed by atoms with Gasteiger partial charge in [0.2, 0.25) is 5.82 Å². The van der Waals surface area contributed by atoms with E-state index in [2.05, 4.69) is 27.7 Å². The lowest BCUT2D eigenvalue weighted by molar-refractivity contribution is 0.295. The van der Waals surface area contributed by atoms with E-state index in [4.69, 9.17) is 16.3 Å². The summed E-state index contributed by atoms with van der Waals surface area (Å²) in [5, 5.41) is 15.4. The first-order valence-electron chi connectivity index (χ1n) is 6.04. The van der Waals surface area contributed by atoms with Crippen LogP contribution in [0.5, 0.6) is 5.75 Å². The fourth-order valence-corrected chi connectivity index (χ4v) is 1.82. The summed E-state index contributed by atoms with van der Waals surface area (Å²) < 4.78 is 5.56. The van der Waals surface area contributed by atoms with Crippen molar-refractivity contribution in [1.29, 1.82) is 0 Å². The lowest BCUT2D eigenvalue weighted by Crippen LogP contribution is -2.11. The zero-order valence-electron chi connectivity index (χ0n) is 10.9. The van der Waals surface area contributed by atoms with Gasteiger partial charge in [-0.3, -0.25) is 0 Å². The molecule has 0 spiro atoms. The number of halogens is 1. The van der Waals surface area contributed by atoms with Crippen molar-refractivity contribution in [2.75, 3.05) is 6.54 Å². The Morgan fingerprint density at radius 3 is 2.89 bits per heavy atom. The number of nitrogens with zero attached hydrogens (tertiary/aromatic N) is 4. The van der Waals surface area contributed by atoms with Crippen molar-refractivity contribution < 1.29 is 4.74 Å². The average Bonchev–Trinajstić information content (AvgIpc) is 2.81. The maximum absolute atomic E-state index is 6.17. The van der Waals surface area contributed by atoms with E-state index in [0.29, 0.717) is 16.6 Å². The fraction of sp³-hybridized carbons (Fsp3) is 0.417. The Balaban J connectivity index is 1.96. The van der Waals surface area contributed by atoms with E-state index in [-0.39, 0.29) is 6.61 Å². The first kappa shape index (κ1) is 13.8. The standard InChI is InChI=1S/C12H16ClN5O/c1-3-14-7-9-4-5-11(10(13)6-9)19-8-12-15-17-18(2)16-12/h4-6,14H,3,7-8H2,1-2H3. The predicted octanol–water partition coefficient (Wildman–Crippen LogP) is 1.55. The summed E-state index contributed by atoms with van der Waals surface area (Å²) in [6.07, 6.45) is 0. The maximum atomic E-state index is 6.17. The van der Waals surface area contributed by atoms with Crippen LogP contribution < -0.4 is 10.1 Å². The molecule has 1 aromatic carbocycles. The monoisotopic (exact) mass is 281 g/mol. The molecule has 2 rings (SSSR count). The zero-order valence-corrected chi connectivity index (χ0v) is 11.7. The van der Waals surface area contributed by atoms with Crippen LogP contribution >= 0.6 is 11.6 Å². The van der Waals surface area contributed by atoms with E-state index >= 15 is 0 Å². The number of hydrogen-bond acceptors (Lipinski definition) is 5. The molecule has 0 saturated heterocycles. The van der Waals surface area contributed by atoms with Crippen LogP contribution in [0.4, 0.5) is 0 Å². The smallest absolute Gasteiger partial charge is 0.212 e. The Morgan fingerprint density at radius 2 is 2.26 bits per heavy atom. The van der Waals surface area contributed by atoms with Crippen LogP contribution in [0.2, 0.25) is 5.02 Å². The third-order valence-electron chi connectivity index (χ3n) is 2.48. The molecule has 1 aromatic heterocycles. The molecule has 0 aliphatic rings. The van der Waals surface area contributed by atoms with Crippen molar-refractivity contribution in [2.24, 2.45) is 7.05 Å². The topological polar surface area (TPSA) is 64.9 Å². The first-order chi connectivity index (χ1) is 9.19. The normalized spacial score (nSPS) is 10.7. The van der Waals surface area contributed by atoms with Crippen molar-refractivity contribution in [3.8, 4) is 5.75 Å². The Kier molecular flexibility index (Phi) is 4.70. The third kappa shape index (κ3) is 3.90. The first-order valence-corrected chi connectivity index (χ1v) is 6.41. The number of benzene rings is 1. The van der Waals surface area contributed by atoms with Crippen LogP contribution in [-0.2, 0) is 20.2 Å². The van der Waals surface area contributed by atoms with E-state index in [1.165, 1.54) is 4.80 Å². The van der Waals surface area contributed by atoms with Gasteiger partial charge in [0.05, 0.1) is 12.1 Å². The highest BCUT2D eigenvalue weighted by atomic mass is 35.5. The van der Waals surface area contributed by atoms with Gasteiger partial charge < -0.3 is 10.1 Å². The number of nitrogens with one attached hydrogen (secondary N) is 1. The van der Waals surface area contributed by atoms with E-state index < -0.39 is 0 Å². The SMILES string of the molecule is CCNCc1ccc(OCc2nnn(C)n2)c(Cl)c1. The van der Waals surface area contributed by atoms with Crippen molar-refractivity contribution in [2.45, 2.75) is 20.1 Å². The van der Waals surface area contributed by atoms with Gasteiger partial charge >= 0.3 is 0 Å². The average molecular weight is 282 g/mol. The van der Waals surface area contributed by atoms with Crippen LogP contribution in [0.15, 0.2) is 18.2 Å². The van der Waals surface area contributed by atoms with Gasteiger partial charge in [-0.1, -0.05) is 24.6 Å². The fourth-order valence-electron chi connectivity index (χ4n) is 1.56. The molecule has 0 fully saturated rings. The molecule has 2 aromatic rings. The van der Waals surface area contributed by atoms with E-state index in [9.17, 15) is 0 Å². The molecule has 102 valence electrons. The Labute approximate surface area is 116 Å². The molecule has 0 radical (unpaired) electrons. The number of tetrazole rings is 1. The van der Waals surface area contributed by atoms with Crippen molar-refractivity contribution in [3.63, 3.8) is 0 Å². The molecule has 0 aliphatic heterocycles. The molecule has 7 heteroatoms. The number of hydrogen-bond donors (Lipinski definition) is 1. The van der Waals surface area contributed by atoms with Crippen LogP contribution in [0, 0.1) is 0 Å². The lowest BCUT2D eigenvalue weighted by Gasteiger charge is -2.08. The summed E-state index contributed by atoms with van der Waals surface area (Å²) in [7, 11) is 1.71. The molecule has 0 atom stereocenters. The second-order valence-corrected chi connectivity index (χ2v) is 4.44. The van der Waals surface area contributed by atoms with Gasteiger partial charge in [-0.05, 0) is 29.5 Å². The van der Waals surface area contributed by atoms with Gasteiger partial charge in [0, 0.05) is 6.54 Å². The van der Waals surface area contributed by atoms with Crippen LogP contribution in [0.25, 0.3) is 0 Å². The minimum Gasteiger partial charge on any atom is -0.484 e. The van der Waals surface area contributed by atoms with Gasteiger partial charge in [-0.15, -0.1) is 10.2 Å². The highest BCUT2D eigenvalue weighted by Crippen LogP contribution is 2.25. The van der Waals surface area contributed by atoms with E-state index in [0.717, 1.165) is 18.7 Å². The van der Waals surface area contributed by atoms with Crippen LogP contribution in [-0.4, -0.2) is 26.8 Å². The molecular formula is C12H16ClN5O. The lowest BCUT2D eigenvalue weighted by atomic mass is 10.2. The molecule has 1 heterocycles. The number of aromatic nitrogens is 4. The summed E-state index contributed by atoms with van der Waals surface area (Å²) in [4.78, 5) is 1.39. The summed E-state index contributed by atoms with van der Waals surface area (Å²) in [5.41, 5.74) is 1.12. The van der Waals surface area contributed by atoms with Crippen LogP contribution in [0.3, 0.4) is 0 Å². The van der Waals surface area contributed by atoms with E-state index in [1.807, 2.05) is 18.2 Å². The zero-order chi connectivity index (χ0) is 13.7. The van der Waals surface area contributed by atoms with Gasteiger partial charge in [-0.2, -0.15) is 4.80 Å². The van der Waals surface area contributed by atoms with E-state index in [1.54, 1.807) is 7.05 Å². The molecule has 1 N–H and O–H groups in total. The quantitative estimate of drug-likeness (QED) is 0.870. The van der Waals surface area contributed by atoms with Gasteiger partial charge in [0.25, 0.3) is 0 Å². The molecule has 0 bridgehead atoms. The molecular weight excluding hydrogens is 266 g/mol. The maximum Gasteiger partial charge on any atom is 0.212 e. The van der Waals surface area contributed by atoms with Gasteiger partial charge in [0.15, 0.2) is 6.61 Å². The Hall–Kier alpha value is -1.66. The molecule has 0 saturated carbocycles. The second kappa shape index (κ2) is 6.49. The largest absolute Gasteiger partial charge is 0.484 e. The van der Waals surface area contributed by atoms with Crippen molar-refractivity contribution >= 4 is 11.6 Å². The van der Waals surface area contributed by atoms with Gasteiger partial charge in [0.1, 0.15) is 5.75 Å². The predicted molar refractivity (Wildman–Crippen MR) is 72.0 cm³/mol. The van der Waals surface area contributed by atoms with Crippen molar-refractivity contribution in [3.05, 3.63) is 34.6 Å². The minimum atomic E-state index is 0.250. The summed E-state index contributed by atoms with van der Waals surface area (Å²) in [6.45, 7) is 4.03. The van der Waals surface area contributed by atoms with Gasteiger partial charge in [-0.25, -0.2) is 0 Å². The highest BCUT2D eigenvalue weighted by Gasteiger charge is 2.06. The highest BCUT2D eigenvalue weighted by molar-refractivity contribution is 6.32. The van der Waals surface area contributed by atoms with Crippen molar-refractivity contribution in [1.82, 2.24) is 25.5 Å². The Morgan fingerprint density at radius 1 is 1.42 bits per heavy atom. The molecule has 19 heavy (non-hydrogen) atoms. The second-order valence-electron chi connectivity index (χ2n) is 4.03. The molecule has 0 aliphatic carbocycles. The summed E-state index contributed by atoms with van der Waals surface area (Å²) in [6, 6.07) is 5.73. The summed E-state index contributed by atoms with van der Waals surface area (Å²) in [5.74, 6) is 1.14. The third-order valence-corrected chi connectivity index (χ3v) is 2.78. The molecule has 6 nitrogen and oxygen atoms in total. The molecule has 0 unspecified atom stereocenters. The number of rotatable bonds is 6. The molecule has 0 amide bonds. The Bertz CT molecular complexity index is 543. The number of ether oxygens (including phenoxy) is 1.